The van der Waals surface area contributed by atoms with Crippen LogP contribution in [0, 0.1) is 0 Å². The van der Waals surface area contributed by atoms with Gasteiger partial charge in [-0.2, -0.15) is 0 Å². The average Bonchev–Trinajstić information content (AvgIpc) is 3.79. The highest BCUT2D eigenvalue weighted by molar-refractivity contribution is 6.24. The number of para-hydroxylation sites is 1. The molecule has 0 saturated heterocycles. The van der Waals surface area contributed by atoms with Crippen molar-refractivity contribution in [2.45, 2.75) is 0 Å². The monoisotopic (exact) mass is 690 g/mol. The quantitative estimate of drug-likeness (QED) is 0.180. The summed E-state index contributed by atoms with van der Waals surface area (Å²) < 4.78 is 9.06. The summed E-state index contributed by atoms with van der Waals surface area (Å²) in [5, 5.41) is 7.05. The minimum atomic E-state index is 0.595. The summed E-state index contributed by atoms with van der Waals surface area (Å²) in [6.45, 7) is 0. The molecule has 0 aliphatic carbocycles. The molecule has 11 rings (SSSR count). The van der Waals surface area contributed by atoms with Crippen LogP contribution in [0.25, 0.3) is 105 Å². The molecule has 0 aliphatic rings. The Morgan fingerprint density at radius 1 is 0.352 bits per heavy atom. The van der Waals surface area contributed by atoms with Crippen molar-refractivity contribution >= 4 is 54.5 Å². The van der Waals surface area contributed by atoms with E-state index < -0.39 is 0 Å². The second-order valence-corrected chi connectivity index (χ2v) is 13.6. The van der Waals surface area contributed by atoms with Crippen LogP contribution in [-0.2, 0) is 0 Å². The summed E-state index contributed by atoms with van der Waals surface area (Å²) in [6, 6.07) is 63.3. The molecule has 3 aromatic heterocycles. The molecule has 0 unspecified atom stereocenters. The van der Waals surface area contributed by atoms with Gasteiger partial charge in [0.1, 0.15) is 11.2 Å². The molecule has 0 N–H and O–H groups in total. The SMILES string of the molecule is c1ccc(-c2nc(-c3ccccc3)nc(-c3ccc4c(c3)oc3cc(-n5c6ccccc6c6c7ccccc7c(-c7ccccc7)cc65)ccc34)n2)cc1. The zero-order chi connectivity index (χ0) is 35.6. The lowest BCUT2D eigenvalue weighted by Crippen LogP contribution is -2.00. The Balaban J connectivity index is 1.09. The summed E-state index contributed by atoms with van der Waals surface area (Å²) in [7, 11) is 0. The molecule has 252 valence electrons. The third kappa shape index (κ3) is 4.83. The maximum atomic E-state index is 6.69. The summed E-state index contributed by atoms with van der Waals surface area (Å²) in [4.78, 5) is 14.8. The van der Waals surface area contributed by atoms with E-state index in [2.05, 4.69) is 120 Å². The van der Waals surface area contributed by atoms with Gasteiger partial charge < -0.3 is 8.98 Å². The van der Waals surface area contributed by atoms with Crippen molar-refractivity contribution in [3.8, 4) is 51.0 Å². The molecular weight excluding hydrogens is 661 g/mol. The van der Waals surface area contributed by atoms with Crippen LogP contribution in [0.15, 0.2) is 186 Å². The van der Waals surface area contributed by atoms with E-state index in [4.69, 9.17) is 19.4 Å². The number of furan rings is 1. The molecule has 0 radical (unpaired) electrons. The van der Waals surface area contributed by atoms with Gasteiger partial charge in [0, 0.05) is 50.0 Å². The van der Waals surface area contributed by atoms with E-state index in [1.165, 1.54) is 32.7 Å². The van der Waals surface area contributed by atoms with E-state index in [0.717, 1.165) is 55.3 Å². The number of fused-ring (bicyclic) bond motifs is 8. The Morgan fingerprint density at radius 2 is 0.870 bits per heavy atom. The molecule has 0 aliphatic heterocycles. The van der Waals surface area contributed by atoms with Crippen LogP contribution in [0.5, 0.6) is 0 Å². The minimum absolute atomic E-state index is 0.595. The molecule has 0 spiro atoms. The van der Waals surface area contributed by atoms with Crippen molar-refractivity contribution in [2.24, 2.45) is 0 Å². The molecule has 0 amide bonds. The van der Waals surface area contributed by atoms with E-state index in [1.807, 2.05) is 66.7 Å². The van der Waals surface area contributed by atoms with Gasteiger partial charge in [0.25, 0.3) is 0 Å². The molecule has 54 heavy (non-hydrogen) atoms. The average molecular weight is 691 g/mol. The van der Waals surface area contributed by atoms with Gasteiger partial charge in [0.2, 0.25) is 0 Å². The number of aromatic nitrogens is 4. The van der Waals surface area contributed by atoms with Gasteiger partial charge >= 0.3 is 0 Å². The van der Waals surface area contributed by atoms with E-state index in [0.29, 0.717) is 17.5 Å². The summed E-state index contributed by atoms with van der Waals surface area (Å²) >= 11 is 0. The molecule has 8 aromatic carbocycles. The Bertz CT molecular complexity index is 3140. The number of rotatable bonds is 5. The second-order valence-electron chi connectivity index (χ2n) is 13.6. The molecular formula is C49H30N4O. The largest absolute Gasteiger partial charge is 0.456 e. The van der Waals surface area contributed by atoms with Crippen molar-refractivity contribution in [1.29, 1.82) is 0 Å². The van der Waals surface area contributed by atoms with E-state index in [9.17, 15) is 0 Å². The van der Waals surface area contributed by atoms with Gasteiger partial charge in [-0.05, 0) is 58.3 Å². The zero-order valence-corrected chi connectivity index (χ0v) is 29.0. The van der Waals surface area contributed by atoms with Crippen molar-refractivity contribution < 1.29 is 4.42 Å². The van der Waals surface area contributed by atoms with Crippen LogP contribution in [-0.4, -0.2) is 19.5 Å². The van der Waals surface area contributed by atoms with Crippen molar-refractivity contribution in [3.05, 3.63) is 182 Å². The first kappa shape index (κ1) is 30.3. The van der Waals surface area contributed by atoms with Gasteiger partial charge in [0.05, 0.1) is 11.0 Å². The maximum Gasteiger partial charge on any atom is 0.164 e. The number of hydrogen-bond donors (Lipinski definition) is 0. The first-order valence-electron chi connectivity index (χ1n) is 18.1. The predicted octanol–water partition coefficient (Wildman–Crippen LogP) is 12.7. The Kier molecular flexibility index (Phi) is 6.79. The first-order valence-corrected chi connectivity index (χ1v) is 18.1. The van der Waals surface area contributed by atoms with Crippen LogP contribution in [0.3, 0.4) is 0 Å². The van der Waals surface area contributed by atoms with E-state index >= 15 is 0 Å². The van der Waals surface area contributed by atoms with Gasteiger partial charge in [-0.3, -0.25) is 0 Å². The molecule has 11 aromatic rings. The van der Waals surface area contributed by atoms with Crippen molar-refractivity contribution in [2.75, 3.05) is 0 Å². The molecule has 5 nitrogen and oxygen atoms in total. The lowest BCUT2D eigenvalue weighted by atomic mass is 9.95. The zero-order valence-electron chi connectivity index (χ0n) is 29.0. The maximum absolute atomic E-state index is 6.69. The fourth-order valence-electron chi connectivity index (χ4n) is 7.95. The highest BCUT2D eigenvalue weighted by atomic mass is 16.3. The highest BCUT2D eigenvalue weighted by Gasteiger charge is 2.19. The van der Waals surface area contributed by atoms with Crippen LogP contribution >= 0.6 is 0 Å². The molecule has 0 bridgehead atoms. The van der Waals surface area contributed by atoms with Crippen molar-refractivity contribution in [1.82, 2.24) is 19.5 Å². The molecule has 0 atom stereocenters. The summed E-state index contributed by atoms with van der Waals surface area (Å²) in [5.74, 6) is 1.85. The number of nitrogens with zero attached hydrogens (tertiary/aromatic N) is 4. The Morgan fingerprint density at radius 3 is 1.54 bits per heavy atom. The fourth-order valence-corrected chi connectivity index (χ4v) is 7.95. The standard InChI is InChI=1S/C49H30N4O/c1-4-14-31(15-5-1)41-30-43-46(39-21-11-10-20-36(39)41)40-22-12-13-23-42(40)53(43)35-25-27-38-37-26-24-34(28-44(37)54-45(38)29-35)49-51-47(32-16-6-2-7-17-32)50-48(52-49)33-18-8-3-9-19-33/h1-30H. The molecule has 5 heteroatoms. The minimum Gasteiger partial charge on any atom is -0.456 e. The van der Waals surface area contributed by atoms with Crippen molar-refractivity contribution in [3.63, 3.8) is 0 Å². The molecule has 0 fully saturated rings. The summed E-state index contributed by atoms with van der Waals surface area (Å²) in [6.07, 6.45) is 0. The Labute approximate surface area is 310 Å². The normalized spacial score (nSPS) is 11.7. The van der Waals surface area contributed by atoms with Crippen LogP contribution in [0.2, 0.25) is 0 Å². The fraction of sp³-hybridized carbons (Fsp3) is 0. The lowest BCUT2D eigenvalue weighted by Gasteiger charge is -2.12. The van der Waals surface area contributed by atoms with E-state index in [-0.39, 0.29) is 0 Å². The number of hydrogen-bond acceptors (Lipinski definition) is 4. The second kappa shape index (κ2) is 12.1. The Hall–Kier alpha value is -7.37. The third-order valence-electron chi connectivity index (χ3n) is 10.4. The summed E-state index contributed by atoms with van der Waals surface area (Å²) in [5.41, 5.74) is 10.1. The van der Waals surface area contributed by atoms with Crippen LogP contribution in [0.4, 0.5) is 0 Å². The highest BCUT2D eigenvalue weighted by Crippen LogP contribution is 2.42. The van der Waals surface area contributed by atoms with Gasteiger partial charge in [-0.15, -0.1) is 0 Å². The number of benzene rings is 8. The van der Waals surface area contributed by atoms with Crippen LogP contribution in [0.1, 0.15) is 0 Å². The van der Waals surface area contributed by atoms with Gasteiger partial charge in [-0.1, -0.05) is 140 Å². The molecule has 3 heterocycles. The lowest BCUT2D eigenvalue weighted by molar-refractivity contribution is 0.668. The van der Waals surface area contributed by atoms with Crippen LogP contribution < -0.4 is 0 Å². The predicted molar refractivity (Wildman–Crippen MR) is 221 cm³/mol. The molecule has 0 saturated carbocycles. The van der Waals surface area contributed by atoms with E-state index in [1.54, 1.807) is 0 Å². The topological polar surface area (TPSA) is 56.7 Å². The first-order chi connectivity index (χ1) is 26.8. The van der Waals surface area contributed by atoms with Gasteiger partial charge in [-0.25, -0.2) is 15.0 Å². The van der Waals surface area contributed by atoms with Gasteiger partial charge in [0.15, 0.2) is 17.5 Å². The smallest absolute Gasteiger partial charge is 0.164 e. The third-order valence-corrected chi connectivity index (χ3v) is 10.4.